The molecule has 0 aliphatic carbocycles. The van der Waals surface area contributed by atoms with Gasteiger partial charge < -0.3 is 10.6 Å². The number of hydrogen-bond acceptors (Lipinski definition) is 2. The maximum atomic E-state index is 12.1. The first-order chi connectivity index (χ1) is 7.20. The Balaban J connectivity index is 2.55. The molecule has 2 unspecified atom stereocenters. The standard InChI is InChI=1S/C12H24N2O/c1-3-6-10(2)12(15)14-8-5-4-7-11(14)9-13/h10-11H,3-9,13H2,1-2H3. The maximum absolute atomic E-state index is 12.1. The quantitative estimate of drug-likeness (QED) is 0.772. The Labute approximate surface area is 93.0 Å². The zero-order valence-electron chi connectivity index (χ0n) is 10.0. The van der Waals surface area contributed by atoms with E-state index in [1.807, 2.05) is 11.8 Å². The molecule has 1 aliphatic rings. The first-order valence-electron chi connectivity index (χ1n) is 6.21. The number of likely N-dealkylation sites (tertiary alicyclic amines) is 1. The van der Waals surface area contributed by atoms with Gasteiger partial charge in [-0.25, -0.2) is 0 Å². The Kier molecular flexibility index (Phi) is 5.09. The second-order valence-electron chi connectivity index (χ2n) is 4.61. The van der Waals surface area contributed by atoms with E-state index in [0.29, 0.717) is 18.5 Å². The summed E-state index contributed by atoms with van der Waals surface area (Å²) in [5, 5.41) is 0. The average molecular weight is 212 g/mol. The van der Waals surface area contributed by atoms with Crippen LogP contribution in [0.3, 0.4) is 0 Å². The van der Waals surface area contributed by atoms with Crippen LogP contribution in [0.2, 0.25) is 0 Å². The Morgan fingerprint density at radius 1 is 1.53 bits per heavy atom. The lowest BCUT2D eigenvalue weighted by Crippen LogP contribution is -2.49. The Morgan fingerprint density at radius 2 is 2.27 bits per heavy atom. The molecular formula is C12H24N2O. The summed E-state index contributed by atoms with van der Waals surface area (Å²) in [5.74, 6) is 0.481. The molecule has 0 bridgehead atoms. The van der Waals surface area contributed by atoms with Crippen molar-refractivity contribution < 1.29 is 4.79 Å². The summed E-state index contributed by atoms with van der Waals surface area (Å²) in [6.45, 7) is 5.69. The van der Waals surface area contributed by atoms with Crippen LogP contribution in [-0.2, 0) is 4.79 Å². The van der Waals surface area contributed by atoms with E-state index in [1.54, 1.807) is 0 Å². The van der Waals surface area contributed by atoms with Crippen LogP contribution in [0.25, 0.3) is 0 Å². The minimum Gasteiger partial charge on any atom is -0.338 e. The zero-order valence-corrected chi connectivity index (χ0v) is 10.0. The van der Waals surface area contributed by atoms with Gasteiger partial charge in [0.25, 0.3) is 0 Å². The average Bonchev–Trinajstić information content (AvgIpc) is 2.28. The zero-order chi connectivity index (χ0) is 11.3. The highest BCUT2D eigenvalue weighted by atomic mass is 16.2. The lowest BCUT2D eigenvalue weighted by molar-refractivity contribution is -0.138. The van der Waals surface area contributed by atoms with Gasteiger partial charge in [0, 0.05) is 25.0 Å². The smallest absolute Gasteiger partial charge is 0.225 e. The van der Waals surface area contributed by atoms with Crippen molar-refractivity contribution in [3.63, 3.8) is 0 Å². The number of rotatable bonds is 4. The van der Waals surface area contributed by atoms with Gasteiger partial charge in [0.1, 0.15) is 0 Å². The molecule has 0 aromatic carbocycles. The largest absolute Gasteiger partial charge is 0.338 e. The molecule has 0 aromatic heterocycles. The van der Waals surface area contributed by atoms with Gasteiger partial charge in [0.05, 0.1) is 0 Å². The third-order valence-corrected chi connectivity index (χ3v) is 3.33. The molecule has 15 heavy (non-hydrogen) atoms. The van der Waals surface area contributed by atoms with Gasteiger partial charge in [-0.2, -0.15) is 0 Å². The summed E-state index contributed by atoms with van der Waals surface area (Å²) < 4.78 is 0. The molecular weight excluding hydrogens is 188 g/mol. The second kappa shape index (κ2) is 6.11. The molecule has 1 amide bonds. The molecule has 1 aliphatic heterocycles. The Hall–Kier alpha value is -0.570. The van der Waals surface area contributed by atoms with Crippen molar-refractivity contribution in [1.29, 1.82) is 0 Å². The fourth-order valence-electron chi connectivity index (χ4n) is 2.38. The second-order valence-corrected chi connectivity index (χ2v) is 4.61. The summed E-state index contributed by atoms with van der Waals surface area (Å²) in [6, 6.07) is 0.297. The van der Waals surface area contributed by atoms with Gasteiger partial charge in [-0.05, 0) is 25.7 Å². The van der Waals surface area contributed by atoms with Crippen LogP contribution in [0.1, 0.15) is 46.0 Å². The van der Waals surface area contributed by atoms with E-state index < -0.39 is 0 Å². The summed E-state index contributed by atoms with van der Waals surface area (Å²) in [5.41, 5.74) is 5.71. The van der Waals surface area contributed by atoms with E-state index in [1.165, 1.54) is 6.42 Å². The van der Waals surface area contributed by atoms with Crippen molar-refractivity contribution in [1.82, 2.24) is 4.90 Å². The highest BCUT2D eigenvalue weighted by Gasteiger charge is 2.27. The molecule has 3 nitrogen and oxygen atoms in total. The van der Waals surface area contributed by atoms with Crippen molar-refractivity contribution in [3.8, 4) is 0 Å². The van der Waals surface area contributed by atoms with Gasteiger partial charge >= 0.3 is 0 Å². The number of hydrogen-bond donors (Lipinski definition) is 1. The molecule has 1 heterocycles. The van der Waals surface area contributed by atoms with Crippen molar-refractivity contribution in [3.05, 3.63) is 0 Å². The molecule has 0 radical (unpaired) electrons. The van der Waals surface area contributed by atoms with Gasteiger partial charge in [0.2, 0.25) is 5.91 Å². The lowest BCUT2D eigenvalue weighted by atomic mass is 9.98. The molecule has 0 aromatic rings. The fourth-order valence-corrected chi connectivity index (χ4v) is 2.38. The normalized spacial score (nSPS) is 23.9. The molecule has 3 heteroatoms. The first-order valence-corrected chi connectivity index (χ1v) is 6.21. The minimum absolute atomic E-state index is 0.169. The summed E-state index contributed by atoms with van der Waals surface area (Å²) in [6.07, 6.45) is 5.51. The van der Waals surface area contributed by atoms with E-state index in [-0.39, 0.29) is 5.92 Å². The summed E-state index contributed by atoms with van der Waals surface area (Å²) in [7, 11) is 0. The SMILES string of the molecule is CCCC(C)C(=O)N1CCCCC1CN. The topological polar surface area (TPSA) is 46.3 Å². The first kappa shape index (κ1) is 12.5. The third-order valence-electron chi connectivity index (χ3n) is 3.33. The molecule has 0 spiro atoms. The number of amides is 1. The Bertz CT molecular complexity index is 206. The number of piperidine rings is 1. The van der Waals surface area contributed by atoms with E-state index in [9.17, 15) is 4.79 Å². The van der Waals surface area contributed by atoms with Crippen LogP contribution < -0.4 is 5.73 Å². The highest BCUT2D eigenvalue weighted by Crippen LogP contribution is 2.20. The molecule has 1 rings (SSSR count). The van der Waals surface area contributed by atoms with Crippen molar-refractivity contribution >= 4 is 5.91 Å². The van der Waals surface area contributed by atoms with Crippen LogP contribution in [0.15, 0.2) is 0 Å². The molecule has 1 saturated heterocycles. The van der Waals surface area contributed by atoms with Gasteiger partial charge in [-0.1, -0.05) is 20.3 Å². The van der Waals surface area contributed by atoms with Gasteiger partial charge in [0.15, 0.2) is 0 Å². The lowest BCUT2D eigenvalue weighted by Gasteiger charge is -2.36. The van der Waals surface area contributed by atoms with E-state index in [4.69, 9.17) is 5.73 Å². The van der Waals surface area contributed by atoms with Crippen LogP contribution in [0, 0.1) is 5.92 Å². The summed E-state index contributed by atoms with van der Waals surface area (Å²) in [4.78, 5) is 14.1. The monoisotopic (exact) mass is 212 g/mol. The van der Waals surface area contributed by atoms with Crippen LogP contribution in [-0.4, -0.2) is 29.9 Å². The van der Waals surface area contributed by atoms with E-state index in [0.717, 1.165) is 32.2 Å². The molecule has 2 atom stereocenters. The molecule has 1 fully saturated rings. The highest BCUT2D eigenvalue weighted by molar-refractivity contribution is 5.78. The Morgan fingerprint density at radius 3 is 2.87 bits per heavy atom. The maximum Gasteiger partial charge on any atom is 0.225 e. The van der Waals surface area contributed by atoms with Crippen LogP contribution in [0.4, 0.5) is 0 Å². The van der Waals surface area contributed by atoms with Crippen LogP contribution >= 0.6 is 0 Å². The van der Waals surface area contributed by atoms with Crippen molar-refractivity contribution in [2.24, 2.45) is 11.7 Å². The minimum atomic E-state index is 0.169. The molecule has 0 saturated carbocycles. The number of carbonyl (C=O) groups is 1. The van der Waals surface area contributed by atoms with Crippen molar-refractivity contribution in [2.75, 3.05) is 13.1 Å². The van der Waals surface area contributed by atoms with Gasteiger partial charge in [-0.15, -0.1) is 0 Å². The predicted octanol–water partition coefficient (Wildman–Crippen LogP) is 1.76. The predicted molar refractivity (Wildman–Crippen MR) is 62.5 cm³/mol. The van der Waals surface area contributed by atoms with E-state index >= 15 is 0 Å². The van der Waals surface area contributed by atoms with Gasteiger partial charge in [-0.3, -0.25) is 4.79 Å². The molecule has 2 N–H and O–H groups in total. The summed E-state index contributed by atoms with van der Waals surface area (Å²) >= 11 is 0. The third kappa shape index (κ3) is 3.20. The number of carbonyl (C=O) groups excluding carboxylic acids is 1. The van der Waals surface area contributed by atoms with Crippen molar-refractivity contribution in [2.45, 2.75) is 52.0 Å². The number of nitrogens with zero attached hydrogens (tertiary/aromatic N) is 1. The van der Waals surface area contributed by atoms with E-state index in [2.05, 4.69) is 6.92 Å². The van der Waals surface area contributed by atoms with Crippen LogP contribution in [0.5, 0.6) is 0 Å². The molecule has 88 valence electrons. The number of nitrogens with two attached hydrogens (primary N) is 1. The fraction of sp³-hybridized carbons (Fsp3) is 0.917.